The van der Waals surface area contributed by atoms with E-state index in [0.29, 0.717) is 11.8 Å². The average Bonchev–Trinajstić information content (AvgIpc) is 3.32. The van der Waals surface area contributed by atoms with Crippen LogP contribution in [0.15, 0.2) is 156 Å². The maximum Gasteiger partial charge on any atom is 0.0234 e. The molecule has 0 aliphatic heterocycles. The Bertz CT molecular complexity index is 2130. The lowest BCUT2D eigenvalue weighted by Crippen LogP contribution is -2.15. The van der Waals surface area contributed by atoms with Crippen LogP contribution in [0.2, 0.25) is 0 Å². The summed E-state index contributed by atoms with van der Waals surface area (Å²) < 4.78 is 0. The molecule has 0 heterocycles. The maximum atomic E-state index is 3.61. The van der Waals surface area contributed by atoms with Crippen LogP contribution in [0.25, 0.3) is 27.8 Å². The van der Waals surface area contributed by atoms with Gasteiger partial charge in [-0.3, -0.25) is 0 Å². The Labute approximate surface area is 288 Å². The Morgan fingerprint density at radius 1 is 0.708 bits per heavy atom. The van der Waals surface area contributed by atoms with Crippen molar-refractivity contribution in [3.8, 4) is 22.3 Å². The molecule has 4 aromatic carbocycles. The van der Waals surface area contributed by atoms with Crippen LogP contribution in [0.3, 0.4) is 0 Å². The van der Waals surface area contributed by atoms with Crippen molar-refractivity contribution in [1.29, 1.82) is 0 Å². The lowest BCUT2D eigenvalue weighted by atomic mass is 9.81. The largest absolute Gasteiger partial charge is 0.112 e. The molecule has 7 rings (SSSR count). The topological polar surface area (TPSA) is 0 Å². The molecule has 238 valence electrons. The molecule has 0 aromatic heterocycles. The molecular formula is C48H46. The summed E-state index contributed by atoms with van der Waals surface area (Å²) in [5, 5.41) is 0. The van der Waals surface area contributed by atoms with Crippen LogP contribution in [-0.4, -0.2) is 0 Å². The summed E-state index contributed by atoms with van der Waals surface area (Å²) in [7, 11) is 0. The maximum absolute atomic E-state index is 3.61. The van der Waals surface area contributed by atoms with Crippen molar-refractivity contribution in [2.75, 3.05) is 0 Å². The van der Waals surface area contributed by atoms with E-state index in [9.17, 15) is 0 Å². The van der Waals surface area contributed by atoms with Crippen molar-refractivity contribution in [2.24, 2.45) is 5.92 Å². The van der Waals surface area contributed by atoms with E-state index >= 15 is 0 Å². The molecule has 0 nitrogen and oxygen atoms in total. The Kier molecular flexibility index (Phi) is 8.55. The van der Waals surface area contributed by atoms with E-state index in [2.05, 4.69) is 181 Å². The minimum Gasteiger partial charge on any atom is -0.112 e. The highest BCUT2D eigenvalue weighted by Crippen LogP contribution is 2.49. The quantitative estimate of drug-likeness (QED) is 0.180. The molecule has 3 aliphatic carbocycles. The van der Waals surface area contributed by atoms with Gasteiger partial charge in [0.2, 0.25) is 0 Å². The zero-order chi connectivity index (χ0) is 33.4. The lowest BCUT2D eigenvalue weighted by Gasteiger charge is -2.22. The fraction of sp³-hybridized carbons (Fsp3) is 0.229. The van der Waals surface area contributed by atoms with Gasteiger partial charge in [-0.25, -0.2) is 0 Å². The number of allylic oxidation sites excluding steroid dienone is 11. The highest BCUT2D eigenvalue weighted by molar-refractivity contribution is 5.83. The second kappa shape index (κ2) is 13.0. The van der Waals surface area contributed by atoms with E-state index in [0.717, 1.165) is 18.4 Å². The van der Waals surface area contributed by atoms with Crippen LogP contribution in [0.5, 0.6) is 0 Å². The summed E-state index contributed by atoms with van der Waals surface area (Å²) in [6.45, 7) is 13.8. The summed E-state index contributed by atoms with van der Waals surface area (Å²) in [5.41, 5.74) is 22.1. The van der Waals surface area contributed by atoms with Gasteiger partial charge in [0, 0.05) is 16.9 Å². The van der Waals surface area contributed by atoms with E-state index in [1.807, 2.05) is 0 Å². The molecule has 0 fully saturated rings. The smallest absolute Gasteiger partial charge is 0.0234 e. The first-order valence-electron chi connectivity index (χ1n) is 17.6. The van der Waals surface area contributed by atoms with Crippen molar-refractivity contribution < 1.29 is 0 Å². The third-order valence-corrected chi connectivity index (χ3v) is 10.7. The van der Waals surface area contributed by atoms with Gasteiger partial charge in [-0.15, -0.1) is 5.73 Å². The van der Waals surface area contributed by atoms with Crippen LogP contribution in [0.4, 0.5) is 0 Å². The van der Waals surface area contributed by atoms with Gasteiger partial charge >= 0.3 is 0 Å². The molecule has 0 amide bonds. The molecule has 0 N–H and O–H groups in total. The Morgan fingerprint density at radius 3 is 2.27 bits per heavy atom. The molecule has 0 radical (unpaired) electrons. The fourth-order valence-electron chi connectivity index (χ4n) is 7.76. The van der Waals surface area contributed by atoms with Crippen LogP contribution >= 0.6 is 0 Å². The molecule has 0 heteroatoms. The molecule has 2 unspecified atom stereocenters. The van der Waals surface area contributed by atoms with E-state index < -0.39 is 0 Å². The molecule has 0 saturated carbocycles. The summed E-state index contributed by atoms with van der Waals surface area (Å²) in [4.78, 5) is 0. The van der Waals surface area contributed by atoms with Crippen LogP contribution < -0.4 is 0 Å². The third kappa shape index (κ3) is 5.98. The highest BCUT2D eigenvalue weighted by Gasteiger charge is 2.35. The Hall–Kier alpha value is -4.90. The Balaban J connectivity index is 1.16. The number of benzene rings is 4. The predicted molar refractivity (Wildman–Crippen MR) is 206 cm³/mol. The molecule has 0 bridgehead atoms. The monoisotopic (exact) mass is 622 g/mol. The molecule has 0 spiro atoms. The van der Waals surface area contributed by atoms with Crippen LogP contribution in [0.1, 0.15) is 80.3 Å². The van der Waals surface area contributed by atoms with Gasteiger partial charge < -0.3 is 0 Å². The summed E-state index contributed by atoms with van der Waals surface area (Å²) >= 11 is 0. The number of fused-ring (bicyclic) bond motifs is 3. The van der Waals surface area contributed by atoms with Crippen molar-refractivity contribution >= 4 is 5.57 Å². The summed E-state index contributed by atoms with van der Waals surface area (Å²) in [6.07, 6.45) is 20.2. The van der Waals surface area contributed by atoms with Crippen molar-refractivity contribution in [2.45, 2.75) is 65.7 Å². The molecule has 48 heavy (non-hydrogen) atoms. The van der Waals surface area contributed by atoms with Gasteiger partial charge in [0.05, 0.1) is 0 Å². The number of hydrogen-bond acceptors (Lipinski definition) is 0. The van der Waals surface area contributed by atoms with E-state index in [-0.39, 0.29) is 5.41 Å². The molecule has 3 aliphatic rings. The second-order valence-electron chi connectivity index (χ2n) is 14.4. The average molecular weight is 623 g/mol. The fourth-order valence-corrected chi connectivity index (χ4v) is 7.76. The lowest BCUT2D eigenvalue weighted by molar-refractivity contribution is 0.658. The van der Waals surface area contributed by atoms with Gasteiger partial charge in [-0.1, -0.05) is 143 Å². The summed E-state index contributed by atoms with van der Waals surface area (Å²) in [6, 6.07) is 31.8. The standard InChI is InChI=1S/C48H46/c1-7-33(3)42-26-24-40(31-45(42)41-16-9-8-13-34(41)4)38-15-12-14-37(22-23-38)39-21-19-32(2)27-36(29-39)28-35-20-25-44-43-17-10-11-18-46(43)48(5,6)47(44)30-35/h8-13,15-27,29-31,33,36H,7,28H2,1-6H3. The number of rotatable bonds is 7. The van der Waals surface area contributed by atoms with Gasteiger partial charge in [-0.05, 0) is 124 Å². The normalized spacial score (nSPS) is 18.2. The van der Waals surface area contributed by atoms with Crippen LogP contribution in [-0.2, 0) is 11.8 Å². The van der Waals surface area contributed by atoms with Gasteiger partial charge in [0.25, 0.3) is 0 Å². The predicted octanol–water partition coefficient (Wildman–Crippen LogP) is 12.8. The minimum absolute atomic E-state index is 0.0143. The zero-order valence-corrected chi connectivity index (χ0v) is 29.3. The third-order valence-electron chi connectivity index (χ3n) is 10.7. The van der Waals surface area contributed by atoms with Gasteiger partial charge in [0.15, 0.2) is 0 Å². The van der Waals surface area contributed by atoms with Crippen molar-refractivity contribution in [3.05, 3.63) is 189 Å². The van der Waals surface area contributed by atoms with Crippen LogP contribution in [0, 0.1) is 12.8 Å². The van der Waals surface area contributed by atoms with E-state index in [1.54, 1.807) is 0 Å². The molecule has 2 atom stereocenters. The zero-order valence-electron chi connectivity index (χ0n) is 29.3. The first kappa shape index (κ1) is 31.7. The number of aryl methyl sites for hydroxylation is 1. The first-order valence-corrected chi connectivity index (χ1v) is 17.6. The molecular weight excluding hydrogens is 577 g/mol. The minimum atomic E-state index is 0.0143. The van der Waals surface area contributed by atoms with Gasteiger partial charge in [0.1, 0.15) is 0 Å². The van der Waals surface area contributed by atoms with Gasteiger partial charge in [-0.2, -0.15) is 0 Å². The SMILES string of the molecule is CCC(C)c1ccc(C2=CC=C=C(C3=CC(Cc4ccc5c(c4)C(C)(C)c4ccccc4-5)C=C(C)C=C3)C=C2)cc1-c1ccccc1C. The molecule has 4 aromatic rings. The first-order chi connectivity index (χ1) is 23.2. The summed E-state index contributed by atoms with van der Waals surface area (Å²) in [5.74, 6) is 0.794. The Morgan fingerprint density at radius 2 is 1.46 bits per heavy atom. The second-order valence-corrected chi connectivity index (χ2v) is 14.4. The highest BCUT2D eigenvalue weighted by atomic mass is 14.4. The van der Waals surface area contributed by atoms with Crippen molar-refractivity contribution in [3.63, 3.8) is 0 Å². The van der Waals surface area contributed by atoms with E-state index in [4.69, 9.17) is 0 Å². The molecule has 0 saturated heterocycles. The van der Waals surface area contributed by atoms with Crippen molar-refractivity contribution in [1.82, 2.24) is 0 Å². The van der Waals surface area contributed by atoms with E-state index in [1.165, 1.54) is 72.4 Å². The number of hydrogen-bond donors (Lipinski definition) is 0.